The average Bonchev–Trinajstić information content (AvgIpc) is 3.46. The van der Waals surface area contributed by atoms with Crippen LogP contribution in [0.15, 0.2) is 81.4 Å². The number of hydrogen-bond acceptors (Lipinski definition) is 7. The van der Waals surface area contributed by atoms with E-state index in [1.165, 1.54) is 23.1 Å². The third-order valence-electron chi connectivity index (χ3n) is 6.34. The number of allylic oxidation sites excluding steroid dienone is 3. The number of thiazole rings is 1. The lowest BCUT2D eigenvalue weighted by atomic mass is 9.88. The Hall–Kier alpha value is -3.83. The highest BCUT2D eigenvalue weighted by atomic mass is 32.2. The quantitative estimate of drug-likeness (QED) is 0.215. The number of aliphatic carboxylic acids is 1. The molecular formula is C27H25BN3O5S2+. The van der Waals surface area contributed by atoms with Gasteiger partial charge in [0.2, 0.25) is 17.2 Å². The molecule has 38 heavy (non-hydrogen) atoms. The summed E-state index contributed by atoms with van der Waals surface area (Å²) < 4.78 is 3.07. The molecule has 0 fully saturated rings. The van der Waals surface area contributed by atoms with Crippen molar-refractivity contribution in [1.29, 1.82) is 0 Å². The van der Waals surface area contributed by atoms with E-state index in [-0.39, 0.29) is 41.6 Å². The summed E-state index contributed by atoms with van der Waals surface area (Å²) in [6.45, 7) is 1.23. The predicted molar refractivity (Wildman–Crippen MR) is 151 cm³/mol. The Morgan fingerprint density at radius 3 is 2.63 bits per heavy atom. The summed E-state index contributed by atoms with van der Waals surface area (Å²) >= 11 is 2.95. The average molecular weight is 546 g/mol. The monoisotopic (exact) mass is 546 g/mol. The number of para-hydroxylation sites is 2. The van der Waals surface area contributed by atoms with Gasteiger partial charge in [-0.2, -0.15) is 4.57 Å². The molecule has 2 heterocycles. The van der Waals surface area contributed by atoms with Crippen molar-refractivity contribution in [3.63, 3.8) is 0 Å². The number of aromatic nitrogens is 1. The van der Waals surface area contributed by atoms with Crippen molar-refractivity contribution in [2.45, 2.75) is 24.2 Å². The topological polar surface area (TPSA) is 111 Å². The van der Waals surface area contributed by atoms with Crippen molar-refractivity contribution < 1.29 is 29.2 Å². The Balaban J connectivity index is 1.45. The highest BCUT2D eigenvalue weighted by Gasteiger charge is 2.36. The third-order valence-corrected chi connectivity index (χ3v) is 8.56. The van der Waals surface area contributed by atoms with Gasteiger partial charge in [0.1, 0.15) is 18.3 Å². The van der Waals surface area contributed by atoms with E-state index in [1.807, 2.05) is 58.0 Å². The van der Waals surface area contributed by atoms with E-state index in [9.17, 15) is 24.6 Å². The number of rotatable bonds is 9. The molecule has 3 N–H and O–H groups in total. The van der Waals surface area contributed by atoms with Crippen LogP contribution in [0.25, 0.3) is 16.3 Å². The van der Waals surface area contributed by atoms with Gasteiger partial charge in [0.25, 0.3) is 5.01 Å². The number of carboxylic acid groups (broad SMARTS) is 1. The van der Waals surface area contributed by atoms with Crippen LogP contribution in [0.5, 0.6) is 0 Å². The van der Waals surface area contributed by atoms with Gasteiger partial charge < -0.3 is 20.4 Å². The zero-order chi connectivity index (χ0) is 26.8. The number of carbonyl (C=O) groups is 3. The van der Waals surface area contributed by atoms with Crippen molar-refractivity contribution in [3.8, 4) is 0 Å². The number of aliphatic hydroxyl groups is 1. The number of thioether (sulfide) groups is 1. The first-order valence-electron chi connectivity index (χ1n) is 12.2. The van der Waals surface area contributed by atoms with Crippen molar-refractivity contribution in [2.24, 2.45) is 0 Å². The number of ketones is 1. The second-order valence-electron chi connectivity index (χ2n) is 8.76. The fourth-order valence-electron chi connectivity index (χ4n) is 4.38. The molecular weight excluding hydrogens is 521 g/mol. The number of benzene rings is 2. The molecule has 1 aliphatic carbocycles. The van der Waals surface area contributed by atoms with Gasteiger partial charge in [-0.05, 0) is 30.6 Å². The number of nitrogens with zero attached hydrogens (tertiary/aromatic N) is 2. The number of nitrogens with one attached hydrogen (secondary N) is 1. The molecule has 0 spiro atoms. The van der Waals surface area contributed by atoms with E-state index >= 15 is 0 Å². The van der Waals surface area contributed by atoms with Crippen LogP contribution in [0.1, 0.15) is 11.4 Å². The standard InChI is InChI=1S/C27H24BN3O5S2/c28-15-22(32)29-10-12-31-19-6-2-4-8-21(19)38-24(31)14-17-26(35)16(27(17)36)13-23-30(11-9-25(33)34)18-5-1-3-7-20(18)37-23/h1-8,13-14H,9-12,15,28H2,(H2-,29,32,33,34,35,36)/p+1. The molecule has 11 heteroatoms. The van der Waals surface area contributed by atoms with Crippen molar-refractivity contribution >= 4 is 70.6 Å². The van der Waals surface area contributed by atoms with E-state index in [4.69, 9.17) is 0 Å². The van der Waals surface area contributed by atoms with Gasteiger partial charge in [-0.3, -0.25) is 14.4 Å². The number of carbonyl (C=O) groups excluding carboxylic acids is 2. The number of Topliss-reactive ketones (excluding diaryl/α,β-unsaturated/α-hetero) is 1. The molecule has 0 unspecified atom stereocenters. The molecule has 2 aromatic carbocycles. The largest absolute Gasteiger partial charge is 0.506 e. The highest BCUT2D eigenvalue weighted by Crippen LogP contribution is 2.47. The lowest BCUT2D eigenvalue weighted by Crippen LogP contribution is -2.41. The molecule has 2 aliphatic rings. The van der Waals surface area contributed by atoms with Crippen LogP contribution in [0, 0.1) is 0 Å². The Morgan fingerprint density at radius 1 is 1.11 bits per heavy atom. The van der Waals surface area contributed by atoms with Gasteiger partial charge in [0, 0.05) is 23.6 Å². The first-order chi connectivity index (χ1) is 18.4. The number of hydrogen-bond donors (Lipinski definition) is 3. The maximum atomic E-state index is 13.2. The van der Waals surface area contributed by atoms with Crippen molar-refractivity contribution in [2.75, 3.05) is 18.0 Å². The fourth-order valence-corrected chi connectivity index (χ4v) is 6.64. The SMILES string of the molecule is BCC(=O)NCC[n+]1c(/C=C2/C(=O)C(/C=C3\Sc4ccccc4N3CCC(=O)O)=C2O)sc2ccccc21. The number of amides is 1. The molecule has 8 nitrogen and oxygen atoms in total. The number of fused-ring (bicyclic) bond motifs is 2. The first kappa shape index (κ1) is 25.8. The minimum Gasteiger partial charge on any atom is -0.506 e. The Kier molecular flexibility index (Phi) is 7.39. The second kappa shape index (κ2) is 10.9. The Morgan fingerprint density at radius 2 is 1.87 bits per heavy atom. The van der Waals surface area contributed by atoms with Crippen LogP contribution in [-0.4, -0.2) is 48.8 Å². The van der Waals surface area contributed by atoms with Crippen LogP contribution in [0.3, 0.4) is 0 Å². The van der Waals surface area contributed by atoms with Crippen molar-refractivity contribution in [3.05, 3.63) is 81.5 Å². The van der Waals surface area contributed by atoms with Gasteiger partial charge in [0.15, 0.2) is 6.54 Å². The third kappa shape index (κ3) is 4.99. The molecule has 0 bridgehead atoms. The molecule has 1 aromatic heterocycles. The second-order valence-corrected chi connectivity index (χ2v) is 10.9. The van der Waals surface area contributed by atoms with Crippen LogP contribution in [0.4, 0.5) is 5.69 Å². The first-order valence-corrected chi connectivity index (χ1v) is 13.9. The van der Waals surface area contributed by atoms with Crippen molar-refractivity contribution in [1.82, 2.24) is 5.32 Å². The Bertz CT molecular complexity index is 1560. The molecule has 3 aromatic rings. The molecule has 192 valence electrons. The highest BCUT2D eigenvalue weighted by molar-refractivity contribution is 8.03. The van der Waals surface area contributed by atoms with E-state index in [0.29, 0.717) is 24.4 Å². The number of anilines is 1. The summed E-state index contributed by atoms with van der Waals surface area (Å²) in [4.78, 5) is 38.9. The molecule has 1 aliphatic heterocycles. The van der Waals surface area contributed by atoms with E-state index < -0.39 is 5.97 Å². The maximum absolute atomic E-state index is 13.2. The van der Waals surface area contributed by atoms with Crippen LogP contribution in [-0.2, 0) is 20.9 Å². The summed E-state index contributed by atoms with van der Waals surface area (Å²) in [6.07, 6.45) is 3.70. The lowest BCUT2D eigenvalue weighted by Gasteiger charge is -2.22. The predicted octanol–water partition coefficient (Wildman–Crippen LogP) is 3.06. The van der Waals surface area contributed by atoms with Gasteiger partial charge in [-0.15, -0.1) is 0 Å². The molecule has 0 saturated carbocycles. The van der Waals surface area contributed by atoms with E-state index in [0.717, 1.165) is 25.8 Å². The number of carboxylic acids is 1. The van der Waals surface area contributed by atoms with Gasteiger partial charge in [-0.25, -0.2) is 0 Å². The minimum absolute atomic E-state index is 0.0261. The van der Waals surface area contributed by atoms with Crippen LogP contribution < -0.4 is 14.8 Å². The maximum Gasteiger partial charge on any atom is 0.305 e. The normalized spacial score (nSPS) is 16.8. The van der Waals surface area contributed by atoms with Crippen LogP contribution >= 0.6 is 23.1 Å². The summed E-state index contributed by atoms with van der Waals surface area (Å²) in [5.41, 5.74) is 2.30. The summed E-state index contributed by atoms with van der Waals surface area (Å²) in [7, 11) is 1.80. The van der Waals surface area contributed by atoms with Gasteiger partial charge >= 0.3 is 5.97 Å². The zero-order valence-electron chi connectivity index (χ0n) is 20.6. The Labute approximate surface area is 228 Å². The number of aliphatic hydroxyl groups excluding tert-OH is 1. The summed E-state index contributed by atoms with van der Waals surface area (Å²) in [5.74, 6) is -1.29. The van der Waals surface area contributed by atoms with Crippen LogP contribution in [0.2, 0.25) is 6.32 Å². The van der Waals surface area contributed by atoms with E-state index in [2.05, 4.69) is 5.32 Å². The molecule has 0 saturated heterocycles. The molecule has 1 amide bonds. The zero-order valence-corrected chi connectivity index (χ0v) is 22.3. The van der Waals surface area contributed by atoms with Gasteiger partial charge in [0.05, 0.1) is 34.8 Å². The molecule has 5 rings (SSSR count). The molecule has 0 atom stereocenters. The smallest absolute Gasteiger partial charge is 0.305 e. The fraction of sp³-hybridized carbons (Fsp3) is 0.185. The minimum atomic E-state index is -0.906. The molecule has 0 radical (unpaired) electrons. The van der Waals surface area contributed by atoms with E-state index in [1.54, 1.807) is 20.0 Å². The summed E-state index contributed by atoms with van der Waals surface area (Å²) in [5, 5.41) is 24.5. The summed E-state index contributed by atoms with van der Waals surface area (Å²) in [6, 6.07) is 15.5. The lowest BCUT2D eigenvalue weighted by molar-refractivity contribution is -0.666. The van der Waals surface area contributed by atoms with Gasteiger partial charge in [-0.1, -0.05) is 47.4 Å².